The molecule has 2 aliphatic heterocycles. The highest BCUT2D eigenvalue weighted by Gasteiger charge is 2.31. The van der Waals surface area contributed by atoms with E-state index in [1.54, 1.807) is 21.9 Å². The quantitative estimate of drug-likeness (QED) is 0.904. The summed E-state index contributed by atoms with van der Waals surface area (Å²) in [5.41, 5.74) is 7.05. The molecule has 1 aromatic rings. The van der Waals surface area contributed by atoms with Gasteiger partial charge in [0.05, 0.1) is 13.2 Å². The van der Waals surface area contributed by atoms with Crippen LogP contribution in [-0.4, -0.2) is 51.0 Å². The number of anilines is 2. The fraction of sp³-hybridized carbons (Fsp3) is 0.556. The lowest BCUT2D eigenvalue weighted by molar-refractivity contribution is -0.125. The highest BCUT2D eigenvalue weighted by molar-refractivity contribution is 5.95. The van der Waals surface area contributed by atoms with Crippen molar-refractivity contribution in [3.63, 3.8) is 0 Å². The third kappa shape index (κ3) is 5.17. The summed E-state index contributed by atoms with van der Waals surface area (Å²) in [6.45, 7) is 9.94. The van der Waals surface area contributed by atoms with Crippen molar-refractivity contribution in [3.8, 4) is 0 Å². The molecule has 2 aliphatic rings. The maximum atomic E-state index is 11.8. The van der Waals surface area contributed by atoms with E-state index >= 15 is 0 Å². The Hall–Kier alpha value is -2.12. The largest absolute Gasteiger partial charge is 0.443 e. The van der Waals surface area contributed by atoms with Crippen molar-refractivity contribution in [2.45, 2.75) is 33.8 Å². The summed E-state index contributed by atoms with van der Waals surface area (Å²) >= 11 is 0. The monoisotopic (exact) mass is 351 g/mol. The molecule has 1 atom stereocenters. The molecule has 2 saturated heterocycles. The highest BCUT2D eigenvalue weighted by Crippen LogP contribution is 2.25. The van der Waals surface area contributed by atoms with Gasteiger partial charge in [-0.05, 0) is 24.3 Å². The fourth-order valence-corrected chi connectivity index (χ4v) is 2.46. The predicted octanol–water partition coefficient (Wildman–Crippen LogP) is 2.39. The zero-order valence-corrected chi connectivity index (χ0v) is 15.5. The summed E-state index contributed by atoms with van der Waals surface area (Å²) in [4.78, 5) is 26.7. The number of amides is 2. The van der Waals surface area contributed by atoms with Crippen LogP contribution >= 0.6 is 0 Å². The van der Waals surface area contributed by atoms with Crippen LogP contribution in [0.25, 0.3) is 0 Å². The predicted molar refractivity (Wildman–Crippen MR) is 99.0 cm³/mol. The fourth-order valence-electron chi connectivity index (χ4n) is 2.46. The van der Waals surface area contributed by atoms with Gasteiger partial charge in [-0.15, -0.1) is 0 Å². The molecule has 7 heteroatoms. The molecule has 0 spiro atoms. The summed E-state index contributed by atoms with van der Waals surface area (Å²) in [5, 5.41) is 0. The first kappa shape index (κ1) is 20.9. The van der Waals surface area contributed by atoms with Crippen LogP contribution in [0.4, 0.5) is 16.2 Å². The van der Waals surface area contributed by atoms with E-state index < -0.39 is 0 Å². The van der Waals surface area contributed by atoms with Crippen molar-refractivity contribution in [1.29, 1.82) is 0 Å². The number of hydrogen-bond acceptors (Lipinski definition) is 5. The number of rotatable bonds is 3. The van der Waals surface area contributed by atoms with E-state index in [2.05, 4.69) is 0 Å². The van der Waals surface area contributed by atoms with Crippen LogP contribution in [0.3, 0.4) is 0 Å². The van der Waals surface area contributed by atoms with Gasteiger partial charge >= 0.3 is 6.09 Å². The maximum Gasteiger partial charge on any atom is 0.414 e. The Kier molecular flexibility index (Phi) is 8.94. The SMILES string of the molecule is CC.CC.NC[C@H]1CN(c2ccc(N3CCOCC3=O)cc2)C(=O)O1. The van der Waals surface area contributed by atoms with Gasteiger partial charge in [-0.2, -0.15) is 0 Å². The second-order valence-electron chi connectivity index (χ2n) is 4.97. The summed E-state index contributed by atoms with van der Waals surface area (Å²) in [6, 6.07) is 7.25. The van der Waals surface area contributed by atoms with Gasteiger partial charge in [-0.3, -0.25) is 9.69 Å². The smallest absolute Gasteiger partial charge is 0.414 e. The number of nitrogens with two attached hydrogens (primary N) is 1. The number of cyclic esters (lactones) is 1. The third-order valence-corrected chi connectivity index (χ3v) is 3.60. The third-order valence-electron chi connectivity index (χ3n) is 3.60. The summed E-state index contributed by atoms with van der Waals surface area (Å²) < 4.78 is 10.2. The van der Waals surface area contributed by atoms with E-state index in [1.165, 1.54) is 0 Å². The molecule has 0 aliphatic carbocycles. The second kappa shape index (κ2) is 10.7. The molecule has 2 heterocycles. The van der Waals surface area contributed by atoms with E-state index in [4.69, 9.17) is 15.2 Å². The minimum Gasteiger partial charge on any atom is -0.443 e. The lowest BCUT2D eigenvalue weighted by atomic mass is 10.2. The maximum absolute atomic E-state index is 11.8. The van der Waals surface area contributed by atoms with E-state index in [1.807, 2.05) is 39.8 Å². The lowest BCUT2D eigenvalue weighted by Gasteiger charge is -2.27. The van der Waals surface area contributed by atoms with Crippen molar-refractivity contribution in [3.05, 3.63) is 24.3 Å². The zero-order chi connectivity index (χ0) is 18.8. The van der Waals surface area contributed by atoms with Crippen LogP contribution < -0.4 is 15.5 Å². The normalized spacial score (nSPS) is 19.5. The zero-order valence-electron chi connectivity index (χ0n) is 15.5. The lowest BCUT2D eigenvalue weighted by Crippen LogP contribution is -2.41. The standard InChI is InChI=1S/C14H17N3O4.2C2H6/c15-7-12-8-17(14(19)21-12)11-3-1-10(2-4-11)16-5-6-20-9-13(16)18;2*1-2/h1-4,12H,5-9,15H2;2*1-2H3/t12-;;/m0../s1. The molecule has 2 fully saturated rings. The Labute approximate surface area is 149 Å². The number of ether oxygens (including phenoxy) is 2. The minimum atomic E-state index is -0.388. The van der Waals surface area contributed by atoms with Gasteiger partial charge in [-0.25, -0.2) is 4.79 Å². The minimum absolute atomic E-state index is 0.0576. The number of nitrogens with zero attached hydrogens (tertiary/aromatic N) is 2. The van der Waals surface area contributed by atoms with E-state index in [9.17, 15) is 9.59 Å². The number of carbonyl (C=O) groups excluding carboxylic acids is 2. The molecule has 0 unspecified atom stereocenters. The van der Waals surface area contributed by atoms with Crippen molar-refractivity contribution in [2.24, 2.45) is 5.73 Å². The van der Waals surface area contributed by atoms with Crippen molar-refractivity contribution < 1.29 is 19.1 Å². The van der Waals surface area contributed by atoms with Crippen molar-refractivity contribution >= 4 is 23.4 Å². The summed E-state index contributed by atoms with van der Waals surface area (Å²) in [7, 11) is 0. The number of benzene rings is 1. The molecule has 0 aromatic heterocycles. The van der Waals surface area contributed by atoms with Gasteiger partial charge in [0.1, 0.15) is 12.7 Å². The summed E-state index contributed by atoms with van der Waals surface area (Å²) in [5.74, 6) is -0.0576. The van der Waals surface area contributed by atoms with Crippen molar-refractivity contribution in [2.75, 3.05) is 42.6 Å². The van der Waals surface area contributed by atoms with Crippen LogP contribution in [0.15, 0.2) is 24.3 Å². The van der Waals surface area contributed by atoms with Crippen LogP contribution in [-0.2, 0) is 14.3 Å². The van der Waals surface area contributed by atoms with Gasteiger partial charge < -0.3 is 20.1 Å². The molecule has 7 nitrogen and oxygen atoms in total. The van der Waals surface area contributed by atoms with Gasteiger partial charge in [0.15, 0.2) is 0 Å². The molecule has 0 radical (unpaired) electrons. The molecule has 3 rings (SSSR count). The van der Waals surface area contributed by atoms with Gasteiger partial charge in [0.25, 0.3) is 5.91 Å². The molecule has 0 saturated carbocycles. The number of hydrogen-bond donors (Lipinski definition) is 1. The van der Waals surface area contributed by atoms with Crippen LogP contribution in [0.5, 0.6) is 0 Å². The number of carbonyl (C=O) groups is 2. The first-order valence-corrected chi connectivity index (χ1v) is 8.85. The molecule has 25 heavy (non-hydrogen) atoms. The Morgan fingerprint density at radius 3 is 2.08 bits per heavy atom. The van der Waals surface area contributed by atoms with Crippen LogP contribution in [0.2, 0.25) is 0 Å². The Bertz CT molecular complexity index is 548. The average molecular weight is 351 g/mol. The second-order valence-corrected chi connectivity index (χ2v) is 4.97. The van der Waals surface area contributed by atoms with E-state index in [-0.39, 0.29) is 24.7 Å². The van der Waals surface area contributed by atoms with E-state index in [0.717, 1.165) is 11.4 Å². The molecule has 0 bridgehead atoms. The van der Waals surface area contributed by atoms with Crippen LogP contribution in [0.1, 0.15) is 27.7 Å². The van der Waals surface area contributed by atoms with Gasteiger partial charge in [-0.1, -0.05) is 27.7 Å². The van der Waals surface area contributed by atoms with Gasteiger partial charge in [0.2, 0.25) is 0 Å². The van der Waals surface area contributed by atoms with Crippen LogP contribution in [0, 0.1) is 0 Å². The van der Waals surface area contributed by atoms with Crippen molar-refractivity contribution in [1.82, 2.24) is 0 Å². The molecular weight excluding hydrogens is 322 g/mol. The Balaban J connectivity index is 0.000000730. The topological polar surface area (TPSA) is 85.1 Å². The highest BCUT2D eigenvalue weighted by atomic mass is 16.6. The summed E-state index contributed by atoms with van der Waals surface area (Å²) in [6.07, 6.45) is -0.654. The molecular formula is C18H29N3O4. The first-order valence-electron chi connectivity index (χ1n) is 8.85. The van der Waals surface area contributed by atoms with Gasteiger partial charge in [0, 0.05) is 24.5 Å². The van der Waals surface area contributed by atoms with E-state index in [0.29, 0.717) is 26.2 Å². The average Bonchev–Trinajstić information content (AvgIpc) is 3.06. The first-order chi connectivity index (χ1) is 12.2. The molecule has 2 amide bonds. The Morgan fingerprint density at radius 1 is 1.04 bits per heavy atom. The molecule has 1 aromatic carbocycles. The molecule has 140 valence electrons. The number of morpholine rings is 1. The molecule has 2 N–H and O–H groups in total. The Morgan fingerprint density at radius 2 is 1.60 bits per heavy atom.